The van der Waals surface area contributed by atoms with E-state index in [-0.39, 0.29) is 18.2 Å². The fourth-order valence-corrected chi connectivity index (χ4v) is 3.62. The van der Waals surface area contributed by atoms with Crippen LogP contribution in [-0.2, 0) is 11.3 Å². The van der Waals surface area contributed by atoms with Crippen LogP contribution in [0.3, 0.4) is 0 Å². The first-order valence-corrected chi connectivity index (χ1v) is 8.83. The summed E-state index contributed by atoms with van der Waals surface area (Å²) in [7, 11) is 4.71. The number of benzene rings is 1. The van der Waals surface area contributed by atoms with Crippen molar-refractivity contribution in [2.75, 3.05) is 26.6 Å². The summed E-state index contributed by atoms with van der Waals surface area (Å²) in [5.41, 5.74) is 1.76. The van der Waals surface area contributed by atoms with Crippen LogP contribution < -0.4 is 19.5 Å². The summed E-state index contributed by atoms with van der Waals surface area (Å²) >= 11 is 0. The van der Waals surface area contributed by atoms with Gasteiger partial charge in [-0.3, -0.25) is 4.79 Å². The van der Waals surface area contributed by atoms with Gasteiger partial charge in [0.1, 0.15) is 18.1 Å². The third kappa shape index (κ3) is 2.96. The lowest BCUT2D eigenvalue weighted by atomic mass is 9.86. The Morgan fingerprint density at radius 2 is 1.96 bits per heavy atom. The first-order chi connectivity index (χ1) is 13.7. The van der Waals surface area contributed by atoms with E-state index in [9.17, 15) is 4.79 Å². The molecule has 1 aliphatic rings. The van der Waals surface area contributed by atoms with Crippen molar-refractivity contribution in [1.82, 2.24) is 9.78 Å². The largest absolute Gasteiger partial charge is 0.493 e. The number of anilines is 1. The van der Waals surface area contributed by atoms with Crippen LogP contribution in [-0.4, -0.2) is 37.0 Å². The molecule has 0 unspecified atom stereocenters. The van der Waals surface area contributed by atoms with Gasteiger partial charge in [0.05, 0.1) is 33.8 Å². The Hall–Kier alpha value is -3.42. The number of hydrogen-bond acceptors (Lipinski definition) is 6. The van der Waals surface area contributed by atoms with Gasteiger partial charge in [-0.1, -0.05) is 6.07 Å². The predicted octanol–water partition coefficient (Wildman–Crippen LogP) is 3.02. The zero-order chi connectivity index (χ0) is 19.7. The maximum Gasteiger partial charge on any atom is 0.226 e. The van der Waals surface area contributed by atoms with Gasteiger partial charge in [0.25, 0.3) is 0 Å². The van der Waals surface area contributed by atoms with Gasteiger partial charge in [0.15, 0.2) is 11.5 Å². The molecule has 0 radical (unpaired) electrons. The molecule has 8 nitrogen and oxygen atoms in total. The van der Waals surface area contributed by atoms with Crippen molar-refractivity contribution in [2.45, 2.75) is 18.9 Å². The van der Waals surface area contributed by atoms with Crippen LogP contribution in [0, 0.1) is 0 Å². The average molecular weight is 383 g/mol. The van der Waals surface area contributed by atoms with Gasteiger partial charge in [0.2, 0.25) is 11.7 Å². The van der Waals surface area contributed by atoms with Crippen molar-refractivity contribution >= 4 is 11.7 Å². The number of nitrogens with zero attached hydrogens (tertiary/aromatic N) is 2. The van der Waals surface area contributed by atoms with E-state index in [1.807, 2.05) is 24.3 Å². The molecule has 0 bridgehead atoms. The molecule has 146 valence electrons. The lowest BCUT2D eigenvalue weighted by Crippen LogP contribution is -2.25. The van der Waals surface area contributed by atoms with Crippen LogP contribution >= 0.6 is 0 Å². The summed E-state index contributed by atoms with van der Waals surface area (Å²) in [6.45, 7) is 0.429. The molecule has 3 heterocycles. The molecule has 2 aromatic heterocycles. The minimum atomic E-state index is -0.219. The summed E-state index contributed by atoms with van der Waals surface area (Å²) in [4.78, 5) is 12.5. The molecule has 3 aromatic rings. The van der Waals surface area contributed by atoms with Crippen molar-refractivity contribution in [1.29, 1.82) is 0 Å². The van der Waals surface area contributed by atoms with Crippen molar-refractivity contribution in [3.63, 3.8) is 0 Å². The van der Waals surface area contributed by atoms with Crippen LogP contribution in [0.25, 0.3) is 0 Å². The minimum Gasteiger partial charge on any atom is -0.493 e. The predicted molar refractivity (Wildman–Crippen MR) is 101 cm³/mol. The normalized spacial score (nSPS) is 15.7. The van der Waals surface area contributed by atoms with Gasteiger partial charge >= 0.3 is 0 Å². The van der Waals surface area contributed by atoms with E-state index in [2.05, 4.69) is 10.4 Å². The summed E-state index contributed by atoms with van der Waals surface area (Å²) in [5.74, 6) is 2.72. The summed E-state index contributed by atoms with van der Waals surface area (Å²) in [6.07, 6.45) is 3.67. The van der Waals surface area contributed by atoms with E-state index in [1.165, 1.54) is 0 Å². The average Bonchev–Trinajstić information content (AvgIpc) is 3.36. The molecule has 0 saturated heterocycles. The summed E-state index contributed by atoms with van der Waals surface area (Å²) in [5, 5.41) is 7.39. The Labute approximate surface area is 162 Å². The second kappa shape index (κ2) is 7.30. The van der Waals surface area contributed by atoms with Gasteiger partial charge in [-0.15, -0.1) is 0 Å². The van der Waals surface area contributed by atoms with Gasteiger partial charge in [-0.2, -0.15) is 5.10 Å². The zero-order valence-corrected chi connectivity index (χ0v) is 15.9. The maximum absolute atomic E-state index is 12.5. The van der Waals surface area contributed by atoms with Crippen LogP contribution in [0.1, 0.15) is 29.2 Å². The molecule has 0 aliphatic carbocycles. The highest BCUT2D eigenvalue weighted by Gasteiger charge is 2.33. The Morgan fingerprint density at radius 3 is 2.64 bits per heavy atom. The highest BCUT2D eigenvalue weighted by molar-refractivity contribution is 5.94. The number of carbonyl (C=O) groups excluding carboxylic acids is 1. The highest BCUT2D eigenvalue weighted by Crippen LogP contribution is 2.47. The van der Waals surface area contributed by atoms with E-state index in [0.717, 1.165) is 16.9 Å². The first kappa shape index (κ1) is 18.0. The molecule has 0 spiro atoms. The lowest BCUT2D eigenvalue weighted by Gasteiger charge is -2.26. The second-order valence-corrected chi connectivity index (χ2v) is 6.41. The second-order valence-electron chi connectivity index (χ2n) is 6.41. The number of carbonyl (C=O) groups is 1. The number of ether oxygens (including phenoxy) is 3. The number of methoxy groups -OCH3 is 3. The van der Waals surface area contributed by atoms with Gasteiger partial charge in [0, 0.05) is 23.5 Å². The molecule has 0 saturated carbocycles. The monoisotopic (exact) mass is 383 g/mol. The van der Waals surface area contributed by atoms with Gasteiger partial charge < -0.3 is 23.9 Å². The van der Waals surface area contributed by atoms with E-state index < -0.39 is 0 Å². The number of furan rings is 1. The van der Waals surface area contributed by atoms with Crippen molar-refractivity contribution < 1.29 is 23.4 Å². The third-order valence-corrected chi connectivity index (χ3v) is 4.89. The van der Waals surface area contributed by atoms with Crippen LogP contribution in [0.4, 0.5) is 5.82 Å². The fourth-order valence-electron chi connectivity index (χ4n) is 3.62. The summed E-state index contributed by atoms with van der Waals surface area (Å²) < 4.78 is 23.6. The standard InChI is InChI=1S/C20H21N3O5/c1-25-16-7-6-13(18(26-2)19(16)27-3)14-9-17(24)22-20-15(14)10-21-23(20)11-12-5-4-8-28-12/h4-8,10,14H,9,11H2,1-3H3,(H,22,24)/t14-/m1/s1. The molecule has 1 N–H and O–H groups in total. The van der Waals surface area contributed by atoms with E-state index >= 15 is 0 Å². The lowest BCUT2D eigenvalue weighted by molar-refractivity contribution is -0.116. The molecular formula is C20H21N3O5. The number of rotatable bonds is 6. The number of fused-ring (bicyclic) bond motifs is 1. The smallest absolute Gasteiger partial charge is 0.226 e. The quantitative estimate of drug-likeness (QED) is 0.704. The Kier molecular flexibility index (Phi) is 4.68. The molecule has 8 heteroatoms. The van der Waals surface area contributed by atoms with Crippen LogP contribution in [0.15, 0.2) is 41.1 Å². The van der Waals surface area contributed by atoms with Crippen molar-refractivity contribution in [3.05, 3.63) is 53.6 Å². The van der Waals surface area contributed by atoms with Gasteiger partial charge in [-0.05, 0) is 18.2 Å². The number of hydrogen-bond donors (Lipinski definition) is 1. The molecule has 4 rings (SSSR count). The van der Waals surface area contributed by atoms with E-state index in [1.54, 1.807) is 38.5 Å². The van der Waals surface area contributed by atoms with Crippen molar-refractivity contribution in [2.24, 2.45) is 0 Å². The molecule has 1 aromatic carbocycles. The SMILES string of the molecule is COc1ccc([C@H]2CC(=O)Nc3c2cnn3Cc2ccco2)c(OC)c1OC. The number of amides is 1. The zero-order valence-electron chi connectivity index (χ0n) is 15.9. The number of nitrogens with one attached hydrogen (secondary N) is 1. The third-order valence-electron chi connectivity index (χ3n) is 4.89. The summed E-state index contributed by atoms with van der Waals surface area (Å²) in [6, 6.07) is 7.40. The van der Waals surface area contributed by atoms with Crippen LogP contribution in [0.2, 0.25) is 0 Å². The van der Waals surface area contributed by atoms with Crippen LogP contribution in [0.5, 0.6) is 17.2 Å². The minimum absolute atomic E-state index is 0.0875. The molecule has 0 fully saturated rings. The number of aromatic nitrogens is 2. The highest BCUT2D eigenvalue weighted by atomic mass is 16.5. The maximum atomic E-state index is 12.5. The molecule has 1 atom stereocenters. The molecule has 1 aliphatic heterocycles. The Morgan fingerprint density at radius 1 is 1.14 bits per heavy atom. The van der Waals surface area contributed by atoms with Gasteiger partial charge in [-0.25, -0.2) is 4.68 Å². The van der Waals surface area contributed by atoms with E-state index in [0.29, 0.717) is 29.6 Å². The molecular weight excluding hydrogens is 362 g/mol. The fraction of sp³-hybridized carbons (Fsp3) is 0.300. The van der Waals surface area contributed by atoms with Crippen molar-refractivity contribution in [3.8, 4) is 17.2 Å². The Balaban J connectivity index is 1.79. The molecule has 1 amide bonds. The van der Waals surface area contributed by atoms with E-state index in [4.69, 9.17) is 18.6 Å². The topological polar surface area (TPSA) is 87.8 Å². The molecule has 28 heavy (non-hydrogen) atoms. The first-order valence-electron chi connectivity index (χ1n) is 8.83. The Bertz CT molecular complexity index is 994.